The number of fused-ring (bicyclic) bond motifs is 1. The molecule has 0 bridgehead atoms. The molecule has 25 heavy (non-hydrogen) atoms. The van der Waals surface area contributed by atoms with E-state index in [9.17, 15) is 9.59 Å². The van der Waals surface area contributed by atoms with Crippen molar-refractivity contribution in [2.24, 2.45) is 0 Å². The van der Waals surface area contributed by atoms with Crippen LogP contribution in [0.1, 0.15) is 15.9 Å². The Morgan fingerprint density at radius 1 is 1.20 bits per heavy atom. The van der Waals surface area contributed by atoms with Gasteiger partial charge in [-0.15, -0.1) is 0 Å². The molecule has 3 rings (SSSR count). The van der Waals surface area contributed by atoms with Gasteiger partial charge < -0.3 is 21.5 Å². The van der Waals surface area contributed by atoms with Crippen molar-refractivity contribution in [1.82, 2.24) is 15.0 Å². The number of pyridine rings is 1. The Labute approximate surface area is 141 Å². The van der Waals surface area contributed by atoms with Crippen LogP contribution >= 0.6 is 0 Å². The second-order valence-electron chi connectivity index (χ2n) is 5.27. The quantitative estimate of drug-likeness (QED) is 0.584. The number of hydrogen-bond acceptors (Lipinski definition) is 7. The minimum Gasteiger partial charge on any atom is -0.478 e. The summed E-state index contributed by atoms with van der Waals surface area (Å²) in [6.45, 7) is 0.225. The summed E-state index contributed by atoms with van der Waals surface area (Å²) in [7, 11) is 0. The fraction of sp³-hybridized carbons (Fsp3) is 0.0625. The van der Waals surface area contributed by atoms with Crippen LogP contribution in [-0.2, 0) is 11.3 Å². The highest BCUT2D eigenvalue weighted by Crippen LogP contribution is 2.21. The first-order valence-electron chi connectivity index (χ1n) is 7.21. The lowest BCUT2D eigenvalue weighted by Crippen LogP contribution is -2.20. The van der Waals surface area contributed by atoms with Crippen molar-refractivity contribution in [3.8, 4) is 0 Å². The minimum absolute atomic E-state index is 0.0401. The first-order chi connectivity index (χ1) is 12.0. The first kappa shape index (κ1) is 16.1. The van der Waals surface area contributed by atoms with Crippen LogP contribution in [0.5, 0.6) is 0 Å². The average molecular weight is 338 g/mol. The van der Waals surface area contributed by atoms with E-state index in [-0.39, 0.29) is 23.9 Å². The molecule has 5 N–H and O–H groups in total. The zero-order valence-electron chi connectivity index (χ0n) is 13.0. The Morgan fingerprint density at radius 3 is 2.56 bits per heavy atom. The SMILES string of the molecule is Nc1nc(N)c2cc(CN(C=O)c3ccc(C(=O)O)cc3)cnc2n1. The number of anilines is 3. The fourth-order valence-corrected chi connectivity index (χ4v) is 2.36. The zero-order chi connectivity index (χ0) is 18.0. The lowest BCUT2D eigenvalue weighted by Gasteiger charge is -2.18. The topological polar surface area (TPSA) is 148 Å². The summed E-state index contributed by atoms with van der Waals surface area (Å²) in [5.41, 5.74) is 13.2. The summed E-state index contributed by atoms with van der Waals surface area (Å²) in [4.78, 5) is 35.8. The molecule has 1 amide bonds. The number of aromatic carboxylic acids is 1. The number of nitrogens with two attached hydrogens (primary N) is 2. The van der Waals surface area contributed by atoms with Crippen LogP contribution in [0.3, 0.4) is 0 Å². The molecular weight excluding hydrogens is 324 g/mol. The van der Waals surface area contributed by atoms with Gasteiger partial charge in [-0.05, 0) is 35.9 Å². The van der Waals surface area contributed by atoms with Gasteiger partial charge in [0.2, 0.25) is 12.4 Å². The molecule has 126 valence electrons. The summed E-state index contributed by atoms with van der Waals surface area (Å²) < 4.78 is 0. The van der Waals surface area contributed by atoms with Crippen molar-refractivity contribution >= 4 is 40.9 Å². The van der Waals surface area contributed by atoms with E-state index in [4.69, 9.17) is 16.6 Å². The Kier molecular flexibility index (Phi) is 4.12. The van der Waals surface area contributed by atoms with Crippen LogP contribution in [0.25, 0.3) is 11.0 Å². The molecule has 0 radical (unpaired) electrons. The molecule has 2 aromatic heterocycles. The van der Waals surface area contributed by atoms with E-state index in [0.717, 1.165) is 0 Å². The Morgan fingerprint density at radius 2 is 1.92 bits per heavy atom. The number of carboxylic acid groups (broad SMARTS) is 1. The fourth-order valence-electron chi connectivity index (χ4n) is 2.36. The maximum Gasteiger partial charge on any atom is 0.335 e. The summed E-state index contributed by atoms with van der Waals surface area (Å²) in [6.07, 6.45) is 2.22. The Hall–Kier alpha value is -3.75. The lowest BCUT2D eigenvalue weighted by molar-refractivity contribution is -0.107. The Bertz CT molecular complexity index is 958. The summed E-state index contributed by atoms with van der Waals surface area (Å²) >= 11 is 0. The van der Waals surface area contributed by atoms with Crippen LogP contribution in [0.4, 0.5) is 17.5 Å². The van der Waals surface area contributed by atoms with E-state index in [2.05, 4.69) is 15.0 Å². The van der Waals surface area contributed by atoms with Gasteiger partial charge in [0.25, 0.3) is 0 Å². The molecule has 0 unspecified atom stereocenters. The summed E-state index contributed by atoms with van der Waals surface area (Å²) in [6, 6.07) is 7.72. The molecule has 0 aliphatic carbocycles. The van der Waals surface area contributed by atoms with E-state index < -0.39 is 5.97 Å². The maximum atomic E-state index is 11.4. The van der Waals surface area contributed by atoms with Crippen molar-refractivity contribution in [3.05, 3.63) is 47.7 Å². The number of carboxylic acids is 1. The van der Waals surface area contributed by atoms with Crippen LogP contribution in [0.15, 0.2) is 36.5 Å². The normalized spacial score (nSPS) is 10.6. The number of rotatable bonds is 5. The van der Waals surface area contributed by atoms with E-state index in [1.54, 1.807) is 24.4 Å². The third kappa shape index (κ3) is 3.29. The largest absolute Gasteiger partial charge is 0.478 e. The molecule has 2 heterocycles. The standard InChI is InChI=1S/C16H14N6O3/c17-13-12-5-9(6-19-14(12)21-16(18)20-13)7-22(8-23)11-3-1-10(2-4-11)15(24)25/h1-6,8H,7H2,(H,24,25)(H4,17,18,19,20,21). The monoisotopic (exact) mass is 338 g/mol. The second-order valence-corrected chi connectivity index (χ2v) is 5.27. The van der Waals surface area contributed by atoms with E-state index in [0.29, 0.717) is 28.7 Å². The molecule has 1 aromatic carbocycles. The zero-order valence-corrected chi connectivity index (χ0v) is 13.0. The third-order valence-corrected chi connectivity index (χ3v) is 3.58. The van der Waals surface area contributed by atoms with Crippen LogP contribution in [0, 0.1) is 0 Å². The predicted octanol–water partition coefficient (Wildman–Crippen LogP) is 1.05. The number of nitrogens with zero attached hydrogens (tertiary/aromatic N) is 4. The smallest absolute Gasteiger partial charge is 0.335 e. The maximum absolute atomic E-state index is 11.4. The van der Waals surface area contributed by atoms with Gasteiger partial charge in [-0.3, -0.25) is 4.79 Å². The molecule has 9 nitrogen and oxygen atoms in total. The van der Waals surface area contributed by atoms with Gasteiger partial charge in [0.1, 0.15) is 5.82 Å². The molecule has 9 heteroatoms. The predicted molar refractivity (Wildman–Crippen MR) is 91.8 cm³/mol. The first-order valence-corrected chi connectivity index (χ1v) is 7.21. The van der Waals surface area contributed by atoms with Crippen molar-refractivity contribution < 1.29 is 14.7 Å². The van der Waals surface area contributed by atoms with Crippen LogP contribution in [-0.4, -0.2) is 32.4 Å². The number of carbonyl (C=O) groups is 2. The van der Waals surface area contributed by atoms with Gasteiger partial charge in [-0.2, -0.15) is 9.97 Å². The van der Waals surface area contributed by atoms with Gasteiger partial charge in [0.15, 0.2) is 5.65 Å². The van der Waals surface area contributed by atoms with Crippen LogP contribution < -0.4 is 16.4 Å². The molecule has 0 aliphatic heterocycles. The second kappa shape index (κ2) is 6.40. The Balaban J connectivity index is 1.90. The van der Waals surface area contributed by atoms with Gasteiger partial charge in [0.05, 0.1) is 17.5 Å². The molecular formula is C16H14N6O3. The molecule has 0 saturated heterocycles. The minimum atomic E-state index is -1.03. The van der Waals surface area contributed by atoms with E-state index >= 15 is 0 Å². The number of carbonyl (C=O) groups excluding carboxylic acids is 1. The molecule has 0 spiro atoms. The van der Waals surface area contributed by atoms with Gasteiger partial charge >= 0.3 is 5.97 Å². The van der Waals surface area contributed by atoms with Crippen molar-refractivity contribution in [1.29, 1.82) is 0 Å². The van der Waals surface area contributed by atoms with Crippen molar-refractivity contribution in [2.45, 2.75) is 6.54 Å². The van der Waals surface area contributed by atoms with E-state index in [1.165, 1.54) is 17.0 Å². The average Bonchev–Trinajstić information content (AvgIpc) is 2.60. The number of hydrogen-bond donors (Lipinski definition) is 3. The molecule has 0 aliphatic rings. The van der Waals surface area contributed by atoms with Gasteiger partial charge in [-0.25, -0.2) is 9.78 Å². The number of aromatic nitrogens is 3. The highest BCUT2D eigenvalue weighted by Gasteiger charge is 2.11. The van der Waals surface area contributed by atoms with Gasteiger partial charge in [0, 0.05) is 11.9 Å². The van der Waals surface area contributed by atoms with Crippen molar-refractivity contribution in [2.75, 3.05) is 16.4 Å². The lowest BCUT2D eigenvalue weighted by atomic mass is 10.1. The van der Waals surface area contributed by atoms with Crippen molar-refractivity contribution in [3.63, 3.8) is 0 Å². The van der Waals surface area contributed by atoms with Gasteiger partial charge in [-0.1, -0.05) is 0 Å². The number of nitrogen functional groups attached to an aromatic ring is 2. The highest BCUT2D eigenvalue weighted by molar-refractivity contribution is 5.89. The summed E-state index contributed by atoms with van der Waals surface area (Å²) in [5, 5.41) is 9.47. The third-order valence-electron chi connectivity index (χ3n) is 3.58. The molecule has 3 aromatic rings. The van der Waals surface area contributed by atoms with E-state index in [1.807, 2.05) is 0 Å². The molecule has 0 atom stereocenters. The molecule has 0 saturated carbocycles. The van der Waals surface area contributed by atoms with Crippen LogP contribution in [0.2, 0.25) is 0 Å². The molecule has 0 fully saturated rings. The number of amides is 1. The highest BCUT2D eigenvalue weighted by atomic mass is 16.4. The summed E-state index contributed by atoms with van der Waals surface area (Å²) in [5.74, 6) is -0.781. The number of benzene rings is 1.